The SMILES string of the molecule is CC(C)C(CNC(=O)C(N)c1ccccc1)N1CCCC1. The molecule has 0 aliphatic carbocycles. The Balaban J connectivity index is 1.89. The van der Waals surface area contributed by atoms with Gasteiger partial charge in [0, 0.05) is 12.6 Å². The van der Waals surface area contributed by atoms with Gasteiger partial charge in [-0.3, -0.25) is 9.69 Å². The van der Waals surface area contributed by atoms with E-state index in [0.717, 1.165) is 18.7 Å². The van der Waals surface area contributed by atoms with E-state index in [4.69, 9.17) is 5.73 Å². The largest absolute Gasteiger partial charge is 0.353 e. The Morgan fingerprint density at radius 2 is 1.86 bits per heavy atom. The van der Waals surface area contributed by atoms with Gasteiger partial charge in [-0.15, -0.1) is 0 Å². The lowest BCUT2D eigenvalue weighted by molar-refractivity contribution is -0.122. The van der Waals surface area contributed by atoms with Crippen LogP contribution in [0.1, 0.15) is 38.3 Å². The zero-order valence-corrected chi connectivity index (χ0v) is 13.1. The van der Waals surface area contributed by atoms with Crippen LogP contribution in [0.5, 0.6) is 0 Å². The summed E-state index contributed by atoms with van der Waals surface area (Å²) in [7, 11) is 0. The third-order valence-electron chi connectivity index (χ3n) is 4.31. The quantitative estimate of drug-likeness (QED) is 0.841. The van der Waals surface area contributed by atoms with Gasteiger partial charge in [-0.25, -0.2) is 0 Å². The lowest BCUT2D eigenvalue weighted by atomic mass is 10.0. The molecular weight excluding hydrogens is 262 g/mol. The smallest absolute Gasteiger partial charge is 0.241 e. The second kappa shape index (κ2) is 7.57. The average molecular weight is 289 g/mol. The fraction of sp³-hybridized carbons (Fsp3) is 0.588. The number of rotatable bonds is 6. The van der Waals surface area contributed by atoms with Crippen LogP contribution < -0.4 is 11.1 Å². The van der Waals surface area contributed by atoms with Gasteiger partial charge in [0.1, 0.15) is 6.04 Å². The maximum absolute atomic E-state index is 12.2. The van der Waals surface area contributed by atoms with Crippen LogP contribution in [0.3, 0.4) is 0 Å². The van der Waals surface area contributed by atoms with Gasteiger partial charge in [0.25, 0.3) is 0 Å². The molecule has 1 fully saturated rings. The summed E-state index contributed by atoms with van der Waals surface area (Å²) in [5.74, 6) is 0.433. The van der Waals surface area contributed by atoms with E-state index >= 15 is 0 Å². The lowest BCUT2D eigenvalue weighted by Gasteiger charge is -2.31. The molecule has 4 nitrogen and oxygen atoms in total. The molecule has 4 heteroatoms. The van der Waals surface area contributed by atoms with Crippen molar-refractivity contribution in [2.24, 2.45) is 11.7 Å². The summed E-state index contributed by atoms with van der Waals surface area (Å²) in [5, 5.41) is 3.03. The number of nitrogens with one attached hydrogen (secondary N) is 1. The van der Waals surface area contributed by atoms with Crippen molar-refractivity contribution < 1.29 is 4.79 Å². The molecule has 1 aliphatic rings. The molecular formula is C17H27N3O. The number of carbonyl (C=O) groups is 1. The summed E-state index contributed by atoms with van der Waals surface area (Å²) >= 11 is 0. The van der Waals surface area contributed by atoms with Crippen LogP contribution in [-0.4, -0.2) is 36.5 Å². The predicted molar refractivity (Wildman–Crippen MR) is 85.8 cm³/mol. The van der Waals surface area contributed by atoms with Crippen molar-refractivity contribution in [2.75, 3.05) is 19.6 Å². The molecule has 0 aromatic heterocycles. The molecule has 0 radical (unpaired) electrons. The monoisotopic (exact) mass is 289 g/mol. The summed E-state index contributed by atoms with van der Waals surface area (Å²) in [5.41, 5.74) is 6.89. The molecule has 116 valence electrons. The highest BCUT2D eigenvalue weighted by Crippen LogP contribution is 2.17. The number of benzene rings is 1. The number of hydrogen-bond acceptors (Lipinski definition) is 3. The minimum absolute atomic E-state index is 0.0916. The van der Waals surface area contributed by atoms with E-state index in [-0.39, 0.29) is 5.91 Å². The van der Waals surface area contributed by atoms with Gasteiger partial charge in [-0.2, -0.15) is 0 Å². The van der Waals surface area contributed by atoms with Crippen LogP contribution >= 0.6 is 0 Å². The third-order valence-corrected chi connectivity index (χ3v) is 4.31. The highest BCUT2D eigenvalue weighted by molar-refractivity contribution is 5.82. The van der Waals surface area contributed by atoms with Gasteiger partial charge in [0.15, 0.2) is 0 Å². The Morgan fingerprint density at radius 1 is 1.24 bits per heavy atom. The number of nitrogens with zero attached hydrogens (tertiary/aromatic N) is 1. The molecule has 0 saturated carbocycles. The molecule has 1 aliphatic heterocycles. The van der Waals surface area contributed by atoms with Gasteiger partial charge >= 0.3 is 0 Å². The first-order valence-corrected chi connectivity index (χ1v) is 7.92. The molecule has 1 aromatic rings. The molecule has 1 saturated heterocycles. The van der Waals surface area contributed by atoms with Crippen LogP contribution in [0, 0.1) is 5.92 Å². The van der Waals surface area contributed by atoms with Gasteiger partial charge in [0.2, 0.25) is 5.91 Å². The molecule has 2 atom stereocenters. The number of hydrogen-bond donors (Lipinski definition) is 2. The number of nitrogens with two attached hydrogens (primary N) is 1. The Morgan fingerprint density at radius 3 is 2.43 bits per heavy atom. The van der Waals surface area contributed by atoms with Crippen molar-refractivity contribution in [1.82, 2.24) is 10.2 Å². The van der Waals surface area contributed by atoms with Crippen molar-refractivity contribution in [2.45, 2.75) is 38.8 Å². The summed E-state index contributed by atoms with van der Waals surface area (Å²) in [6, 6.07) is 9.34. The zero-order valence-electron chi connectivity index (χ0n) is 13.1. The fourth-order valence-electron chi connectivity index (χ4n) is 2.99. The first-order valence-electron chi connectivity index (χ1n) is 7.92. The third kappa shape index (κ3) is 4.29. The van der Waals surface area contributed by atoms with E-state index in [0.29, 0.717) is 18.5 Å². The first kappa shape index (κ1) is 16.0. The van der Waals surface area contributed by atoms with Crippen molar-refractivity contribution in [3.8, 4) is 0 Å². The fourth-order valence-corrected chi connectivity index (χ4v) is 2.99. The van der Waals surface area contributed by atoms with E-state index in [1.165, 1.54) is 12.8 Å². The van der Waals surface area contributed by atoms with Crippen molar-refractivity contribution >= 4 is 5.91 Å². The molecule has 0 bridgehead atoms. The van der Waals surface area contributed by atoms with Crippen LogP contribution in [0.15, 0.2) is 30.3 Å². The van der Waals surface area contributed by atoms with Gasteiger partial charge in [-0.05, 0) is 37.4 Å². The second-order valence-corrected chi connectivity index (χ2v) is 6.19. The molecule has 0 spiro atoms. The summed E-state index contributed by atoms with van der Waals surface area (Å²) in [4.78, 5) is 14.7. The highest BCUT2D eigenvalue weighted by Gasteiger charge is 2.25. The molecule has 3 N–H and O–H groups in total. The Labute approximate surface area is 127 Å². The van der Waals surface area contributed by atoms with Gasteiger partial charge in [0.05, 0.1) is 0 Å². The maximum Gasteiger partial charge on any atom is 0.241 e. The minimum Gasteiger partial charge on any atom is -0.353 e. The molecule has 2 unspecified atom stereocenters. The van der Waals surface area contributed by atoms with Crippen molar-refractivity contribution in [3.05, 3.63) is 35.9 Å². The van der Waals surface area contributed by atoms with Crippen LogP contribution in [0.25, 0.3) is 0 Å². The van der Waals surface area contributed by atoms with E-state index in [1.807, 2.05) is 30.3 Å². The minimum atomic E-state index is -0.586. The standard InChI is InChI=1S/C17H27N3O/c1-13(2)15(20-10-6-7-11-20)12-19-17(21)16(18)14-8-4-3-5-9-14/h3-5,8-9,13,15-16H,6-7,10-12,18H2,1-2H3,(H,19,21). The van der Waals surface area contributed by atoms with E-state index in [2.05, 4.69) is 24.1 Å². The number of amides is 1. The Hall–Kier alpha value is -1.39. The molecule has 1 heterocycles. The lowest BCUT2D eigenvalue weighted by Crippen LogP contribution is -2.47. The summed E-state index contributed by atoms with van der Waals surface area (Å²) in [6.07, 6.45) is 2.53. The number of likely N-dealkylation sites (tertiary alicyclic amines) is 1. The van der Waals surface area contributed by atoms with E-state index in [1.54, 1.807) is 0 Å². The van der Waals surface area contributed by atoms with E-state index < -0.39 is 6.04 Å². The summed E-state index contributed by atoms with van der Waals surface area (Å²) in [6.45, 7) is 7.39. The summed E-state index contributed by atoms with van der Waals surface area (Å²) < 4.78 is 0. The normalized spacial score (nSPS) is 18.7. The molecule has 1 aromatic carbocycles. The van der Waals surface area contributed by atoms with Crippen LogP contribution in [0.4, 0.5) is 0 Å². The van der Waals surface area contributed by atoms with Gasteiger partial charge in [-0.1, -0.05) is 44.2 Å². The van der Waals surface area contributed by atoms with E-state index in [9.17, 15) is 4.79 Å². The maximum atomic E-state index is 12.2. The number of carbonyl (C=O) groups excluding carboxylic acids is 1. The first-order chi connectivity index (χ1) is 10.1. The Kier molecular flexibility index (Phi) is 5.76. The van der Waals surface area contributed by atoms with Crippen LogP contribution in [0.2, 0.25) is 0 Å². The molecule has 1 amide bonds. The van der Waals surface area contributed by atoms with Crippen molar-refractivity contribution in [1.29, 1.82) is 0 Å². The van der Waals surface area contributed by atoms with Gasteiger partial charge < -0.3 is 11.1 Å². The Bertz CT molecular complexity index is 441. The van der Waals surface area contributed by atoms with Crippen LogP contribution in [-0.2, 0) is 4.79 Å². The average Bonchev–Trinajstić information content (AvgIpc) is 3.01. The second-order valence-electron chi connectivity index (χ2n) is 6.19. The highest BCUT2D eigenvalue weighted by atomic mass is 16.2. The topological polar surface area (TPSA) is 58.4 Å². The zero-order chi connectivity index (χ0) is 15.2. The predicted octanol–water partition coefficient (Wildman–Crippen LogP) is 1.92. The molecule has 21 heavy (non-hydrogen) atoms. The van der Waals surface area contributed by atoms with Crippen molar-refractivity contribution in [3.63, 3.8) is 0 Å². The molecule has 2 rings (SSSR count).